The van der Waals surface area contributed by atoms with Gasteiger partial charge in [0.2, 0.25) is 23.6 Å². The number of ether oxygens (including phenoxy) is 3. The SMILES string of the molecule is C/C=C(\C)[C@H]1OC(=O)[C@@H](C)NC(=O)[C@H]([C@H](C)CC)NC(=O)CN(C)C(=O)[C@@H](Cc2ccc(Cl)cc2)N(C)C(=O)[C@H](C)NC(=O)[C@@H](CC(C)C)OC(=O)/C(C)=C\C[C@H](OCSC)[C@@H]1C. The molecule has 1 aliphatic rings. The van der Waals surface area contributed by atoms with E-state index >= 15 is 0 Å². The van der Waals surface area contributed by atoms with Gasteiger partial charge in [-0.3, -0.25) is 24.0 Å². The first-order valence-electron chi connectivity index (χ1n) is 21.5. The molecule has 15 nitrogen and oxygen atoms in total. The first kappa shape index (κ1) is 54.7. The zero-order valence-corrected chi connectivity index (χ0v) is 40.8. The Labute approximate surface area is 383 Å². The number of benzene rings is 1. The molecule has 0 spiro atoms. The van der Waals surface area contributed by atoms with E-state index in [2.05, 4.69) is 16.0 Å². The fourth-order valence-electron chi connectivity index (χ4n) is 6.92. The molecule has 3 N–H and O–H groups in total. The summed E-state index contributed by atoms with van der Waals surface area (Å²) in [5.41, 5.74) is 1.62. The lowest BCUT2D eigenvalue weighted by Gasteiger charge is -2.33. The molecule has 9 atom stereocenters. The number of nitrogens with zero attached hydrogens (tertiary/aromatic N) is 2. The summed E-state index contributed by atoms with van der Waals surface area (Å²) in [5, 5.41) is 8.62. The largest absolute Gasteiger partial charge is 0.456 e. The third-order valence-corrected chi connectivity index (χ3v) is 11.9. The molecule has 0 radical (unpaired) electrons. The molecule has 0 fully saturated rings. The van der Waals surface area contributed by atoms with Crippen LogP contribution < -0.4 is 16.0 Å². The summed E-state index contributed by atoms with van der Waals surface area (Å²) in [5.74, 6) is -5.17. The van der Waals surface area contributed by atoms with Gasteiger partial charge in [-0.05, 0) is 88.8 Å². The van der Waals surface area contributed by atoms with Gasteiger partial charge in [0, 0.05) is 37.0 Å². The van der Waals surface area contributed by atoms with Crippen molar-refractivity contribution in [2.75, 3.05) is 32.8 Å². The Bertz CT molecular complexity index is 1810. The zero-order valence-electron chi connectivity index (χ0n) is 39.2. The Kier molecular flexibility index (Phi) is 22.9. The third kappa shape index (κ3) is 16.9. The van der Waals surface area contributed by atoms with Crippen LogP contribution in [0.4, 0.5) is 0 Å². The van der Waals surface area contributed by atoms with E-state index in [1.54, 1.807) is 44.2 Å². The van der Waals surface area contributed by atoms with Crippen LogP contribution in [0.1, 0.15) is 94.1 Å². The molecule has 17 heteroatoms. The van der Waals surface area contributed by atoms with Gasteiger partial charge in [-0.1, -0.05) is 76.9 Å². The monoisotopic (exact) mass is 919 g/mol. The van der Waals surface area contributed by atoms with Gasteiger partial charge in [0.25, 0.3) is 5.91 Å². The van der Waals surface area contributed by atoms with Gasteiger partial charge in [0.05, 0.1) is 18.6 Å². The van der Waals surface area contributed by atoms with E-state index in [0.29, 0.717) is 22.9 Å². The van der Waals surface area contributed by atoms with Crippen molar-refractivity contribution in [3.05, 3.63) is 58.1 Å². The quantitative estimate of drug-likeness (QED) is 0.158. The van der Waals surface area contributed by atoms with Gasteiger partial charge < -0.3 is 40.0 Å². The average Bonchev–Trinajstić information content (AvgIpc) is 3.24. The standard InChI is InChI=1S/C46H70ClN5O10S/c1-14-27(5)39-42(55)49-32(10)46(59)62-40(28(6)15-2)30(8)36(60-25-63-13)21-16-29(7)45(58)61-37(22-26(3)4)41(54)48-31(9)43(56)52(12)35(23-33-17-19-34(47)20-18-33)44(57)51(11)24-38(53)50-39/h15-20,26-27,30-32,35-37,39-40H,14,21-25H2,1-13H3,(H,48,54)(H,49,55)(H,50,53)/b28-15+,29-16-/t27-,30+,31+,32-,35-,36+,37-,39+,40-/m1/s1. The number of amides is 5. The first-order chi connectivity index (χ1) is 29.6. The van der Waals surface area contributed by atoms with Gasteiger partial charge in [0.15, 0.2) is 6.10 Å². The van der Waals surface area contributed by atoms with Gasteiger partial charge >= 0.3 is 11.9 Å². The lowest BCUT2D eigenvalue weighted by Crippen LogP contribution is -2.57. The molecule has 1 aromatic rings. The van der Waals surface area contributed by atoms with Crippen molar-refractivity contribution < 1.29 is 47.8 Å². The minimum Gasteiger partial charge on any atom is -0.456 e. The minimum atomic E-state index is -1.25. The second-order valence-corrected chi connectivity index (χ2v) is 18.1. The Balaban J connectivity index is 2.69. The van der Waals surface area contributed by atoms with Gasteiger partial charge in [-0.2, -0.15) is 0 Å². The predicted octanol–water partition coefficient (Wildman–Crippen LogP) is 5.24. The van der Waals surface area contributed by atoms with E-state index in [0.717, 1.165) is 10.5 Å². The highest BCUT2D eigenvalue weighted by molar-refractivity contribution is 7.98. The Morgan fingerprint density at radius 1 is 0.937 bits per heavy atom. The number of esters is 2. The van der Waals surface area contributed by atoms with E-state index in [9.17, 15) is 33.6 Å². The number of hydrogen-bond donors (Lipinski definition) is 3. The molecule has 0 bridgehead atoms. The molecule has 1 aliphatic heterocycles. The third-order valence-electron chi connectivity index (χ3n) is 11.3. The average molecular weight is 921 g/mol. The fourth-order valence-corrected chi connectivity index (χ4v) is 7.35. The number of cyclic esters (lactones) is 2. The highest BCUT2D eigenvalue weighted by Gasteiger charge is 2.37. The number of halogens is 1. The molecule has 0 aliphatic carbocycles. The van der Waals surface area contributed by atoms with Crippen LogP contribution in [0.25, 0.3) is 0 Å². The maximum Gasteiger partial charge on any atom is 0.334 e. The summed E-state index contributed by atoms with van der Waals surface area (Å²) in [6.45, 7) is 17.0. The van der Waals surface area contributed by atoms with Crippen LogP contribution in [0, 0.1) is 17.8 Å². The van der Waals surface area contributed by atoms with Gasteiger partial charge in [-0.15, -0.1) is 11.8 Å². The van der Waals surface area contributed by atoms with Crippen LogP contribution in [-0.4, -0.2) is 127 Å². The van der Waals surface area contributed by atoms with Crippen molar-refractivity contribution in [3.8, 4) is 0 Å². The summed E-state index contributed by atoms with van der Waals surface area (Å²) < 4.78 is 18.1. The van der Waals surface area contributed by atoms with Crippen molar-refractivity contribution in [1.82, 2.24) is 25.8 Å². The second kappa shape index (κ2) is 26.4. The summed E-state index contributed by atoms with van der Waals surface area (Å²) in [4.78, 5) is 99.1. The molecule has 63 heavy (non-hydrogen) atoms. The highest BCUT2D eigenvalue weighted by atomic mass is 35.5. The number of thioether (sulfide) groups is 1. The lowest BCUT2D eigenvalue weighted by molar-refractivity contribution is -0.155. The second-order valence-electron chi connectivity index (χ2n) is 16.9. The smallest absolute Gasteiger partial charge is 0.334 e. The predicted molar refractivity (Wildman–Crippen MR) is 245 cm³/mol. The van der Waals surface area contributed by atoms with Crippen molar-refractivity contribution in [3.63, 3.8) is 0 Å². The number of allylic oxidation sites excluding steroid dienone is 1. The number of rotatable bonds is 10. The molecular weight excluding hydrogens is 850 g/mol. The van der Waals surface area contributed by atoms with E-state index in [4.69, 9.17) is 25.8 Å². The summed E-state index contributed by atoms with van der Waals surface area (Å²) in [6, 6.07) is 2.25. The molecule has 1 aromatic carbocycles. The number of carbonyl (C=O) groups is 7. The molecule has 0 unspecified atom stereocenters. The number of likely N-dealkylation sites (N-methyl/N-ethyl adjacent to an activating group) is 2. The van der Waals surface area contributed by atoms with E-state index in [1.807, 2.05) is 53.9 Å². The summed E-state index contributed by atoms with van der Waals surface area (Å²) in [7, 11) is 2.84. The van der Waals surface area contributed by atoms with Crippen molar-refractivity contribution in [2.45, 2.75) is 137 Å². The number of hydrogen-bond acceptors (Lipinski definition) is 11. The van der Waals surface area contributed by atoms with E-state index in [1.165, 1.54) is 44.6 Å². The van der Waals surface area contributed by atoms with Crippen LogP contribution >= 0.6 is 23.4 Å². The van der Waals surface area contributed by atoms with Gasteiger partial charge in [0.1, 0.15) is 30.3 Å². The Hall–Kier alpha value is -4.41. The topological polar surface area (TPSA) is 190 Å². The van der Waals surface area contributed by atoms with Gasteiger partial charge in [-0.25, -0.2) is 9.59 Å². The first-order valence-corrected chi connectivity index (χ1v) is 23.3. The molecule has 2 rings (SSSR count). The summed E-state index contributed by atoms with van der Waals surface area (Å²) >= 11 is 7.59. The molecule has 1 heterocycles. The van der Waals surface area contributed by atoms with Crippen molar-refractivity contribution >= 4 is 64.8 Å². The molecule has 0 saturated carbocycles. The molecule has 0 saturated heterocycles. The Morgan fingerprint density at radius 3 is 2.13 bits per heavy atom. The van der Waals surface area contributed by atoms with Crippen LogP contribution in [0.15, 0.2) is 47.6 Å². The van der Waals surface area contributed by atoms with Crippen LogP contribution in [-0.2, 0) is 54.2 Å². The van der Waals surface area contributed by atoms with E-state index < -0.39 is 96.4 Å². The maximum atomic E-state index is 14.2. The minimum absolute atomic E-state index is 0.0341. The van der Waals surface area contributed by atoms with E-state index in [-0.39, 0.29) is 36.7 Å². The van der Waals surface area contributed by atoms with Crippen LogP contribution in [0.2, 0.25) is 5.02 Å². The molecule has 5 amide bonds. The number of nitrogens with one attached hydrogen (secondary N) is 3. The van der Waals surface area contributed by atoms with Crippen LogP contribution in [0.3, 0.4) is 0 Å². The lowest BCUT2D eigenvalue weighted by atomic mass is 9.90. The van der Waals surface area contributed by atoms with Crippen LogP contribution in [0.5, 0.6) is 0 Å². The normalized spacial score (nSPS) is 27.8. The summed E-state index contributed by atoms with van der Waals surface area (Å²) in [6.07, 6.45) is 3.70. The number of carbonyl (C=O) groups excluding carboxylic acids is 7. The zero-order chi connectivity index (χ0) is 47.7. The fraction of sp³-hybridized carbons (Fsp3) is 0.630. The molecule has 0 aromatic heterocycles. The molecular formula is C46H70ClN5O10S. The molecule has 352 valence electrons. The Morgan fingerprint density at radius 2 is 1.56 bits per heavy atom. The highest BCUT2D eigenvalue weighted by Crippen LogP contribution is 2.26. The van der Waals surface area contributed by atoms with Crippen molar-refractivity contribution in [1.29, 1.82) is 0 Å². The van der Waals surface area contributed by atoms with Crippen molar-refractivity contribution in [2.24, 2.45) is 17.8 Å². The maximum absolute atomic E-state index is 14.2.